The molecule has 0 aromatic carbocycles. The van der Waals surface area contributed by atoms with E-state index < -0.39 is 0 Å². The molecule has 0 unspecified atom stereocenters. The van der Waals surface area contributed by atoms with Gasteiger partial charge in [-0.2, -0.15) is 0 Å². The van der Waals surface area contributed by atoms with Crippen molar-refractivity contribution in [3.63, 3.8) is 0 Å². The zero-order valence-corrected chi connectivity index (χ0v) is 8.54. The van der Waals surface area contributed by atoms with Gasteiger partial charge in [0, 0.05) is 33.7 Å². The third-order valence-corrected chi connectivity index (χ3v) is 2.25. The lowest BCUT2D eigenvalue weighted by Gasteiger charge is -2.27. The smallest absolute Gasteiger partial charge is 0.145 e. The van der Waals surface area contributed by atoms with Gasteiger partial charge in [-0.05, 0) is 7.05 Å². The van der Waals surface area contributed by atoms with Crippen LogP contribution in [0.5, 0.6) is 0 Å². The van der Waals surface area contributed by atoms with E-state index >= 15 is 0 Å². The molecule has 0 aromatic rings. The van der Waals surface area contributed by atoms with Gasteiger partial charge in [0.25, 0.3) is 0 Å². The van der Waals surface area contributed by atoms with Gasteiger partial charge in [0.1, 0.15) is 12.2 Å². The summed E-state index contributed by atoms with van der Waals surface area (Å²) in [6, 6.07) is 0. The van der Waals surface area contributed by atoms with Crippen LogP contribution in [0.25, 0.3) is 0 Å². The zero-order valence-electron chi connectivity index (χ0n) is 8.54. The van der Waals surface area contributed by atoms with E-state index in [0.29, 0.717) is 0 Å². The number of hydrogen-bond donors (Lipinski definition) is 0. The summed E-state index contributed by atoms with van der Waals surface area (Å²) in [5.41, 5.74) is 0. The standard InChI is InChI=1S/C10H17NO2/c1-11-7-5-4-6-9(12-2)10(8-11)13-3/h9-10H,5,7-8H2,1-3H3/t9-,10-/m0/s1. The van der Waals surface area contributed by atoms with E-state index in [4.69, 9.17) is 9.47 Å². The lowest BCUT2D eigenvalue weighted by atomic mass is 10.1. The largest absolute Gasteiger partial charge is 0.376 e. The summed E-state index contributed by atoms with van der Waals surface area (Å²) in [6.07, 6.45) is 0.878. The van der Waals surface area contributed by atoms with Crippen molar-refractivity contribution >= 4 is 0 Å². The predicted octanol–water partition coefficient (Wildman–Crippen LogP) is 0.355. The number of methoxy groups -OCH3 is 2. The number of rotatable bonds is 2. The summed E-state index contributed by atoms with van der Waals surface area (Å²) < 4.78 is 10.6. The Bertz CT molecular complexity index is 207. The van der Waals surface area contributed by atoms with Crippen LogP contribution in [0, 0.1) is 11.8 Å². The monoisotopic (exact) mass is 183 g/mol. The molecule has 0 amide bonds. The molecule has 1 rings (SSSR count). The van der Waals surface area contributed by atoms with Crippen molar-refractivity contribution in [3.05, 3.63) is 0 Å². The van der Waals surface area contributed by atoms with E-state index in [1.165, 1.54) is 0 Å². The summed E-state index contributed by atoms with van der Waals surface area (Å²) in [7, 11) is 5.45. The molecule has 0 saturated heterocycles. The van der Waals surface area contributed by atoms with Gasteiger partial charge in [-0.1, -0.05) is 11.8 Å². The molecule has 1 aliphatic rings. The maximum absolute atomic E-state index is 5.33. The first-order valence-corrected chi connectivity index (χ1v) is 4.50. The first kappa shape index (κ1) is 10.5. The first-order valence-electron chi connectivity index (χ1n) is 4.50. The minimum atomic E-state index is -0.0900. The quantitative estimate of drug-likeness (QED) is 0.577. The molecule has 1 aliphatic heterocycles. The van der Waals surface area contributed by atoms with E-state index in [9.17, 15) is 0 Å². The Labute approximate surface area is 80.0 Å². The Morgan fingerprint density at radius 2 is 2.08 bits per heavy atom. The van der Waals surface area contributed by atoms with Crippen LogP contribution in [0.4, 0.5) is 0 Å². The van der Waals surface area contributed by atoms with Crippen molar-refractivity contribution in [2.45, 2.75) is 18.6 Å². The molecule has 1 heterocycles. The van der Waals surface area contributed by atoms with E-state index in [-0.39, 0.29) is 12.2 Å². The van der Waals surface area contributed by atoms with Crippen molar-refractivity contribution in [1.29, 1.82) is 0 Å². The van der Waals surface area contributed by atoms with Gasteiger partial charge in [0.15, 0.2) is 0 Å². The van der Waals surface area contributed by atoms with Gasteiger partial charge in [0.2, 0.25) is 0 Å². The van der Waals surface area contributed by atoms with Crippen LogP contribution in [-0.4, -0.2) is 51.5 Å². The molecule has 13 heavy (non-hydrogen) atoms. The molecular weight excluding hydrogens is 166 g/mol. The minimum absolute atomic E-state index is 0.0581. The topological polar surface area (TPSA) is 21.7 Å². The average Bonchev–Trinajstić information content (AvgIpc) is 2.11. The van der Waals surface area contributed by atoms with Gasteiger partial charge in [0.05, 0.1) is 0 Å². The summed E-state index contributed by atoms with van der Waals surface area (Å²) in [5.74, 6) is 6.16. The van der Waals surface area contributed by atoms with Crippen LogP contribution in [0.15, 0.2) is 0 Å². The Balaban J connectivity index is 2.66. The van der Waals surface area contributed by atoms with E-state index in [0.717, 1.165) is 19.5 Å². The minimum Gasteiger partial charge on any atom is -0.376 e. The van der Waals surface area contributed by atoms with E-state index in [1.54, 1.807) is 14.2 Å². The molecular formula is C10H17NO2. The molecule has 0 aromatic heterocycles. The SMILES string of the molecule is CO[C@H]1C#CCCN(C)C[C@@H]1OC. The normalized spacial score (nSPS) is 30.1. The zero-order chi connectivity index (χ0) is 9.68. The second-order valence-corrected chi connectivity index (χ2v) is 3.26. The van der Waals surface area contributed by atoms with Crippen molar-refractivity contribution < 1.29 is 9.47 Å². The van der Waals surface area contributed by atoms with Crippen LogP contribution in [0.2, 0.25) is 0 Å². The van der Waals surface area contributed by atoms with Gasteiger partial charge in [-0.15, -0.1) is 0 Å². The molecule has 0 saturated carbocycles. The molecule has 0 fully saturated rings. The highest BCUT2D eigenvalue weighted by molar-refractivity contribution is 5.09. The Hall–Kier alpha value is -0.560. The molecule has 0 radical (unpaired) electrons. The summed E-state index contributed by atoms with van der Waals surface area (Å²) in [4.78, 5) is 2.22. The van der Waals surface area contributed by atoms with E-state index in [2.05, 4.69) is 23.8 Å². The molecule has 3 heteroatoms. The van der Waals surface area contributed by atoms with E-state index in [1.807, 2.05) is 0 Å². The molecule has 0 N–H and O–H groups in total. The van der Waals surface area contributed by atoms with Crippen LogP contribution in [-0.2, 0) is 9.47 Å². The van der Waals surface area contributed by atoms with Crippen LogP contribution in [0.1, 0.15) is 6.42 Å². The fraction of sp³-hybridized carbons (Fsp3) is 0.800. The van der Waals surface area contributed by atoms with Crippen LogP contribution < -0.4 is 0 Å². The molecule has 2 atom stereocenters. The number of ether oxygens (including phenoxy) is 2. The highest BCUT2D eigenvalue weighted by atomic mass is 16.5. The maximum atomic E-state index is 5.33. The third kappa shape index (κ3) is 3.00. The molecule has 74 valence electrons. The Morgan fingerprint density at radius 1 is 1.31 bits per heavy atom. The fourth-order valence-electron chi connectivity index (χ4n) is 1.42. The van der Waals surface area contributed by atoms with Gasteiger partial charge >= 0.3 is 0 Å². The van der Waals surface area contributed by atoms with Crippen molar-refractivity contribution in [2.24, 2.45) is 0 Å². The Morgan fingerprint density at radius 3 is 2.69 bits per heavy atom. The van der Waals surface area contributed by atoms with Crippen molar-refractivity contribution in [1.82, 2.24) is 4.90 Å². The molecule has 0 bridgehead atoms. The van der Waals surface area contributed by atoms with Crippen LogP contribution >= 0.6 is 0 Å². The number of likely N-dealkylation sites (N-methyl/N-ethyl adjacent to an activating group) is 1. The second-order valence-electron chi connectivity index (χ2n) is 3.26. The average molecular weight is 183 g/mol. The summed E-state index contributed by atoms with van der Waals surface area (Å²) in [6.45, 7) is 1.88. The number of nitrogens with zero attached hydrogens (tertiary/aromatic N) is 1. The molecule has 0 aliphatic carbocycles. The number of hydrogen-bond acceptors (Lipinski definition) is 3. The summed E-state index contributed by atoms with van der Waals surface area (Å²) >= 11 is 0. The lowest BCUT2D eigenvalue weighted by molar-refractivity contribution is -0.0218. The van der Waals surface area contributed by atoms with Gasteiger partial charge in [-0.25, -0.2) is 0 Å². The molecule has 3 nitrogen and oxygen atoms in total. The highest BCUT2D eigenvalue weighted by Gasteiger charge is 2.21. The predicted molar refractivity (Wildman–Crippen MR) is 51.5 cm³/mol. The van der Waals surface area contributed by atoms with Gasteiger partial charge < -0.3 is 14.4 Å². The third-order valence-electron chi connectivity index (χ3n) is 2.25. The Kier molecular flexibility index (Phi) is 4.23. The first-order chi connectivity index (χ1) is 6.27. The maximum Gasteiger partial charge on any atom is 0.145 e. The fourth-order valence-corrected chi connectivity index (χ4v) is 1.42. The summed E-state index contributed by atoms with van der Waals surface area (Å²) in [5, 5.41) is 0. The van der Waals surface area contributed by atoms with Crippen molar-refractivity contribution in [3.8, 4) is 11.8 Å². The van der Waals surface area contributed by atoms with Gasteiger partial charge in [-0.3, -0.25) is 0 Å². The lowest BCUT2D eigenvalue weighted by Crippen LogP contribution is -2.40. The van der Waals surface area contributed by atoms with Crippen molar-refractivity contribution in [2.75, 3.05) is 34.4 Å². The van der Waals surface area contributed by atoms with Crippen LogP contribution in [0.3, 0.4) is 0 Å². The second kappa shape index (κ2) is 5.23. The molecule has 0 spiro atoms. The highest BCUT2D eigenvalue weighted by Crippen LogP contribution is 2.06.